The lowest BCUT2D eigenvalue weighted by atomic mass is 10.1. The number of fused-ring (bicyclic) bond motifs is 2. The molecule has 2 aliphatic rings. The number of benzene rings is 2. The third-order valence-electron chi connectivity index (χ3n) is 6.73. The highest BCUT2D eigenvalue weighted by molar-refractivity contribution is 5.94. The van der Waals surface area contributed by atoms with Crippen LogP contribution in [0, 0.1) is 0 Å². The van der Waals surface area contributed by atoms with Crippen LogP contribution in [0.25, 0.3) is 5.69 Å². The van der Waals surface area contributed by atoms with Gasteiger partial charge in [-0.05, 0) is 54.8 Å². The fourth-order valence-corrected chi connectivity index (χ4v) is 4.90. The number of nitrogens with zero attached hydrogens (tertiary/aromatic N) is 5. The van der Waals surface area contributed by atoms with Crippen molar-refractivity contribution in [3.8, 4) is 17.2 Å². The summed E-state index contributed by atoms with van der Waals surface area (Å²) in [6.07, 6.45) is 6.17. The predicted octanol–water partition coefficient (Wildman–Crippen LogP) is 3.80. The van der Waals surface area contributed by atoms with Gasteiger partial charge in [0.2, 0.25) is 6.79 Å². The molecule has 0 bridgehead atoms. The third kappa shape index (κ3) is 4.05. The first kappa shape index (κ1) is 21.5. The van der Waals surface area contributed by atoms with Gasteiger partial charge in [0, 0.05) is 37.5 Å². The normalized spacial score (nSPS) is 14.3. The van der Waals surface area contributed by atoms with Crippen molar-refractivity contribution in [3.05, 3.63) is 89.3 Å². The molecule has 0 saturated carbocycles. The number of amides is 1. The van der Waals surface area contributed by atoms with Crippen molar-refractivity contribution in [2.75, 3.05) is 13.3 Å². The molecule has 2 aliphatic heterocycles. The van der Waals surface area contributed by atoms with Crippen LogP contribution in [0.4, 0.5) is 0 Å². The number of ether oxygens (including phenoxy) is 2. The number of carbonyl (C=O) groups excluding carboxylic acids is 1. The van der Waals surface area contributed by atoms with Crippen molar-refractivity contribution in [1.29, 1.82) is 0 Å². The molecule has 0 radical (unpaired) electrons. The van der Waals surface area contributed by atoms with Gasteiger partial charge in [-0.25, -0.2) is 9.67 Å². The maximum absolute atomic E-state index is 13.4. The number of aromatic nitrogens is 4. The number of rotatable bonds is 6. The van der Waals surface area contributed by atoms with E-state index < -0.39 is 0 Å². The summed E-state index contributed by atoms with van der Waals surface area (Å²) < 4.78 is 15.0. The Hall–Kier alpha value is -4.07. The van der Waals surface area contributed by atoms with E-state index >= 15 is 0 Å². The van der Waals surface area contributed by atoms with E-state index in [4.69, 9.17) is 14.5 Å². The lowest BCUT2D eigenvalue weighted by Gasteiger charge is -2.30. The molecule has 1 amide bonds. The summed E-state index contributed by atoms with van der Waals surface area (Å²) in [6, 6.07) is 15.6. The minimum absolute atomic E-state index is 0.0374. The smallest absolute Gasteiger partial charge is 0.254 e. The molecule has 35 heavy (non-hydrogen) atoms. The van der Waals surface area contributed by atoms with Crippen LogP contribution in [0.15, 0.2) is 60.9 Å². The molecule has 2 aromatic carbocycles. The average molecular weight is 470 g/mol. The maximum Gasteiger partial charge on any atom is 0.254 e. The second-order valence-electron chi connectivity index (χ2n) is 8.84. The van der Waals surface area contributed by atoms with E-state index in [2.05, 4.69) is 28.7 Å². The van der Waals surface area contributed by atoms with Crippen molar-refractivity contribution in [3.63, 3.8) is 0 Å². The van der Waals surface area contributed by atoms with Crippen LogP contribution >= 0.6 is 0 Å². The SMILES string of the molecule is CCc1nc(CCc2ccc3c(c2)OCO3)n2c1CN(C(=O)c1cccc(-n3cccn3)c1)CC2. The maximum atomic E-state index is 13.4. The minimum atomic E-state index is 0.0374. The molecule has 6 rings (SSSR count). The summed E-state index contributed by atoms with van der Waals surface area (Å²) in [4.78, 5) is 20.3. The Morgan fingerprint density at radius 1 is 1.03 bits per heavy atom. The summed E-state index contributed by atoms with van der Waals surface area (Å²) in [7, 11) is 0. The number of aryl methyl sites for hydroxylation is 3. The summed E-state index contributed by atoms with van der Waals surface area (Å²) >= 11 is 0. The summed E-state index contributed by atoms with van der Waals surface area (Å²) in [6.45, 7) is 4.40. The van der Waals surface area contributed by atoms with Crippen molar-refractivity contribution in [2.45, 2.75) is 39.3 Å². The molecule has 4 heterocycles. The van der Waals surface area contributed by atoms with Gasteiger partial charge in [-0.15, -0.1) is 0 Å². The highest BCUT2D eigenvalue weighted by Gasteiger charge is 2.27. The van der Waals surface area contributed by atoms with Crippen molar-refractivity contribution < 1.29 is 14.3 Å². The van der Waals surface area contributed by atoms with Crippen LogP contribution in [0.1, 0.15) is 40.1 Å². The first-order chi connectivity index (χ1) is 17.2. The van der Waals surface area contributed by atoms with Gasteiger partial charge in [-0.1, -0.05) is 19.1 Å². The zero-order valence-corrected chi connectivity index (χ0v) is 19.7. The predicted molar refractivity (Wildman–Crippen MR) is 130 cm³/mol. The van der Waals surface area contributed by atoms with Crippen LogP contribution in [0.5, 0.6) is 11.5 Å². The number of hydrogen-bond donors (Lipinski definition) is 0. The molecule has 178 valence electrons. The fraction of sp³-hybridized carbons (Fsp3) is 0.296. The van der Waals surface area contributed by atoms with Crippen LogP contribution in [0.2, 0.25) is 0 Å². The molecule has 0 N–H and O–H groups in total. The second-order valence-corrected chi connectivity index (χ2v) is 8.84. The Morgan fingerprint density at radius 2 is 1.94 bits per heavy atom. The minimum Gasteiger partial charge on any atom is -0.454 e. The van der Waals surface area contributed by atoms with Gasteiger partial charge in [0.05, 0.1) is 23.6 Å². The van der Waals surface area contributed by atoms with Crippen LogP contribution in [-0.4, -0.2) is 43.5 Å². The monoisotopic (exact) mass is 469 g/mol. The van der Waals surface area contributed by atoms with E-state index in [1.807, 2.05) is 47.5 Å². The van der Waals surface area contributed by atoms with Crippen LogP contribution in [-0.2, 0) is 32.4 Å². The van der Waals surface area contributed by atoms with Crippen LogP contribution < -0.4 is 9.47 Å². The van der Waals surface area contributed by atoms with Gasteiger partial charge in [0.15, 0.2) is 11.5 Å². The summed E-state index contributed by atoms with van der Waals surface area (Å²) in [5.41, 5.74) is 4.98. The van der Waals surface area contributed by atoms with Gasteiger partial charge in [-0.3, -0.25) is 4.79 Å². The lowest BCUT2D eigenvalue weighted by Crippen LogP contribution is -2.39. The number of hydrogen-bond acceptors (Lipinski definition) is 5. The lowest BCUT2D eigenvalue weighted by molar-refractivity contribution is 0.0709. The first-order valence-corrected chi connectivity index (χ1v) is 12.0. The fourth-order valence-electron chi connectivity index (χ4n) is 4.90. The second kappa shape index (κ2) is 8.94. The molecule has 0 unspecified atom stereocenters. The Bertz CT molecular complexity index is 1380. The largest absolute Gasteiger partial charge is 0.454 e. The zero-order valence-electron chi connectivity index (χ0n) is 19.7. The molecule has 8 heteroatoms. The van der Waals surface area contributed by atoms with Gasteiger partial charge in [0.25, 0.3) is 5.91 Å². The van der Waals surface area contributed by atoms with Gasteiger partial charge in [-0.2, -0.15) is 5.10 Å². The standard InChI is InChI=1S/C27H27N5O3/c1-2-22-23-17-30(27(33)20-5-3-6-21(16-20)32-12-4-11-28-32)13-14-31(23)26(29-22)10-8-19-7-9-24-25(15-19)35-18-34-24/h3-7,9,11-12,15-16H,2,8,10,13-14,17-18H2,1H3. The van der Waals surface area contributed by atoms with E-state index in [1.165, 1.54) is 5.56 Å². The Balaban J connectivity index is 1.19. The molecular formula is C27H27N5O3. The molecule has 0 aliphatic carbocycles. The molecule has 0 spiro atoms. The Morgan fingerprint density at radius 3 is 2.80 bits per heavy atom. The Kier molecular flexibility index (Phi) is 5.48. The van der Waals surface area contributed by atoms with E-state index in [1.54, 1.807) is 10.9 Å². The van der Waals surface area contributed by atoms with E-state index in [-0.39, 0.29) is 12.7 Å². The van der Waals surface area contributed by atoms with E-state index in [0.717, 1.165) is 60.2 Å². The van der Waals surface area contributed by atoms with Gasteiger partial charge in [0.1, 0.15) is 5.82 Å². The summed E-state index contributed by atoms with van der Waals surface area (Å²) in [5, 5.41) is 4.28. The number of carbonyl (C=O) groups is 1. The molecular weight excluding hydrogens is 442 g/mol. The average Bonchev–Trinajstić information content (AvgIpc) is 3.66. The third-order valence-corrected chi connectivity index (χ3v) is 6.73. The molecule has 0 saturated heterocycles. The number of imidazole rings is 1. The molecule has 0 fully saturated rings. The molecule has 4 aromatic rings. The van der Waals surface area contributed by atoms with E-state index in [0.29, 0.717) is 18.7 Å². The topological polar surface area (TPSA) is 74.4 Å². The van der Waals surface area contributed by atoms with E-state index in [9.17, 15) is 4.79 Å². The molecule has 0 atom stereocenters. The van der Waals surface area contributed by atoms with Gasteiger partial charge < -0.3 is 18.9 Å². The quantitative estimate of drug-likeness (QED) is 0.429. The highest BCUT2D eigenvalue weighted by Crippen LogP contribution is 2.33. The van der Waals surface area contributed by atoms with Crippen molar-refractivity contribution in [1.82, 2.24) is 24.2 Å². The summed E-state index contributed by atoms with van der Waals surface area (Å²) in [5.74, 6) is 2.74. The first-order valence-electron chi connectivity index (χ1n) is 12.0. The highest BCUT2D eigenvalue weighted by atomic mass is 16.7. The zero-order chi connectivity index (χ0) is 23.8. The molecule has 8 nitrogen and oxygen atoms in total. The molecule has 2 aromatic heterocycles. The van der Waals surface area contributed by atoms with Crippen molar-refractivity contribution >= 4 is 5.91 Å². The Labute approximate surface area is 203 Å². The van der Waals surface area contributed by atoms with Crippen LogP contribution in [0.3, 0.4) is 0 Å². The van der Waals surface area contributed by atoms with Gasteiger partial charge >= 0.3 is 0 Å². The van der Waals surface area contributed by atoms with Crippen molar-refractivity contribution in [2.24, 2.45) is 0 Å².